The van der Waals surface area contributed by atoms with Gasteiger partial charge in [-0.05, 0) is 45.4 Å². The number of nitrogens with zero attached hydrogens (tertiary/aromatic N) is 2. The Labute approximate surface area is 126 Å². The Hall–Kier alpha value is -1.32. The molecule has 2 aromatic rings. The fourth-order valence-corrected chi connectivity index (χ4v) is 2.13. The number of rotatable bonds is 4. The molecule has 0 fully saturated rings. The van der Waals surface area contributed by atoms with Gasteiger partial charge >= 0.3 is 0 Å². The van der Waals surface area contributed by atoms with Crippen LogP contribution in [0.15, 0.2) is 30.5 Å². The van der Waals surface area contributed by atoms with E-state index in [4.69, 9.17) is 11.6 Å². The molecule has 0 saturated heterocycles. The molecular weight excluding hydrogens is 270 g/mol. The van der Waals surface area contributed by atoms with Gasteiger partial charge in [-0.1, -0.05) is 23.7 Å². The van der Waals surface area contributed by atoms with Gasteiger partial charge in [0, 0.05) is 29.8 Å². The highest BCUT2D eigenvalue weighted by molar-refractivity contribution is 6.30. The van der Waals surface area contributed by atoms with Crippen molar-refractivity contribution < 1.29 is 0 Å². The molecule has 108 valence electrons. The van der Waals surface area contributed by atoms with Crippen LogP contribution >= 0.6 is 11.6 Å². The SMILES string of the molecule is Cc1ncc(CNC(C)(C)C)n1Cc1ccc(Cl)cc1. The second kappa shape index (κ2) is 5.98. The molecule has 0 aliphatic heterocycles. The molecule has 1 aromatic heterocycles. The molecule has 0 radical (unpaired) electrons. The van der Waals surface area contributed by atoms with E-state index >= 15 is 0 Å². The summed E-state index contributed by atoms with van der Waals surface area (Å²) in [5, 5.41) is 4.27. The molecule has 0 bridgehead atoms. The summed E-state index contributed by atoms with van der Waals surface area (Å²) in [6.07, 6.45) is 1.95. The molecule has 1 heterocycles. The normalized spacial score (nSPS) is 11.8. The van der Waals surface area contributed by atoms with Gasteiger partial charge < -0.3 is 9.88 Å². The summed E-state index contributed by atoms with van der Waals surface area (Å²) >= 11 is 5.93. The largest absolute Gasteiger partial charge is 0.327 e. The molecule has 0 saturated carbocycles. The molecule has 0 atom stereocenters. The van der Waals surface area contributed by atoms with Crippen molar-refractivity contribution in [3.63, 3.8) is 0 Å². The van der Waals surface area contributed by atoms with Crippen LogP contribution in [0, 0.1) is 6.92 Å². The van der Waals surface area contributed by atoms with Crippen molar-refractivity contribution in [2.75, 3.05) is 0 Å². The summed E-state index contributed by atoms with van der Waals surface area (Å²) in [6.45, 7) is 10.2. The van der Waals surface area contributed by atoms with Crippen molar-refractivity contribution >= 4 is 11.6 Å². The molecule has 20 heavy (non-hydrogen) atoms. The van der Waals surface area contributed by atoms with Gasteiger partial charge in [0.2, 0.25) is 0 Å². The molecule has 0 spiro atoms. The molecule has 0 amide bonds. The second-order valence-corrected chi connectivity index (χ2v) is 6.55. The van der Waals surface area contributed by atoms with Gasteiger partial charge in [-0.15, -0.1) is 0 Å². The number of halogens is 1. The Bertz CT molecular complexity index is 564. The molecule has 4 heteroatoms. The Morgan fingerprint density at radius 3 is 2.45 bits per heavy atom. The van der Waals surface area contributed by atoms with Gasteiger partial charge in [-0.25, -0.2) is 4.98 Å². The van der Waals surface area contributed by atoms with E-state index in [1.54, 1.807) is 0 Å². The van der Waals surface area contributed by atoms with Gasteiger partial charge in [0.15, 0.2) is 0 Å². The quantitative estimate of drug-likeness (QED) is 0.929. The zero-order valence-electron chi connectivity index (χ0n) is 12.6. The lowest BCUT2D eigenvalue weighted by Gasteiger charge is -2.21. The molecule has 2 rings (SSSR count). The lowest BCUT2D eigenvalue weighted by Crippen LogP contribution is -2.35. The number of nitrogens with one attached hydrogen (secondary N) is 1. The van der Waals surface area contributed by atoms with Gasteiger partial charge in [-0.2, -0.15) is 0 Å². The van der Waals surface area contributed by atoms with E-state index in [1.807, 2.05) is 25.3 Å². The fraction of sp³-hybridized carbons (Fsp3) is 0.438. The summed E-state index contributed by atoms with van der Waals surface area (Å²) in [4.78, 5) is 4.43. The van der Waals surface area contributed by atoms with Crippen molar-refractivity contribution in [2.45, 2.75) is 46.3 Å². The van der Waals surface area contributed by atoms with Gasteiger partial charge in [0.05, 0.1) is 5.69 Å². The third-order valence-corrected chi connectivity index (χ3v) is 3.44. The van der Waals surface area contributed by atoms with Crippen LogP contribution in [0.4, 0.5) is 0 Å². The predicted molar refractivity (Wildman–Crippen MR) is 84.1 cm³/mol. The van der Waals surface area contributed by atoms with Crippen LogP contribution in [-0.4, -0.2) is 15.1 Å². The van der Waals surface area contributed by atoms with Gasteiger partial charge in [0.25, 0.3) is 0 Å². The monoisotopic (exact) mass is 291 g/mol. The van der Waals surface area contributed by atoms with Crippen molar-refractivity contribution in [3.05, 3.63) is 52.6 Å². The van der Waals surface area contributed by atoms with Crippen LogP contribution in [0.2, 0.25) is 5.02 Å². The molecule has 3 nitrogen and oxygen atoms in total. The maximum absolute atomic E-state index is 5.93. The molecule has 0 aliphatic rings. The van der Waals surface area contributed by atoms with E-state index in [0.717, 1.165) is 23.9 Å². The number of hydrogen-bond acceptors (Lipinski definition) is 2. The molecule has 0 aliphatic carbocycles. The first kappa shape index (κ1) is 15.1. The van der Waals surface area contributed by atoms with Crippen LogP contribution in [-0.2, 0) is 13.1 Å². The van der Waals surface area contributed by atoms with Crippen LogP contribution in [0.3, 0.4) is 0 Å². The molecule has 0 unspecified atom stereocenters. The fourth-order valence-electron chi connectivity index (χ4n) is 2.00. The third-order valence-electron chi connectivity index (χ3n) is 3.19. The van der Waals surface area contributed by atoms with Crippen molar-refractivity contribution in [1.82, 2.24) is 14.9 Å². The third kappa shape index (κ3) is 4.09. The highest BCUT2D eigenvalue weighted by atomic mass is 35.5. The summed E-state index contributed by atoms with van der Waals surface area (Å²) in [7, 11) is 0. The highest BCUT2D eigenvalue weighted by Gasteiger charge is 2.12. The predicted octanol–water partition coefficient (Wildman–Crippen LogP) is 3.78. The maximum Gasteiger partial charge on any atom is 0.106 e. The van der Waals surface area contributed by atoms with E-state index in [2.05, 4.69) is 47.8 Å². The summed E-state index contributed by atoms with van der Waals surface area (Å²) in [5.41, 5.74) is 2.53. The van der Waals surface area contributed by atoms with Crippen molar-refractivity contribution in [3.8, 4) is 0 Å². The average Bonchev–Trinajstić information content (AvgIpc) is 2.70. The zero-order valence-corrected chi connectivity index (χ0v) is 13.3. The first-order chi connectivity index (χ1) is 9.35. The van der Waals surface area contributed by atoms with E-state index in [0.29, 0.717) is 0 Å². The van der Waals surface area contributed by atoms with E-state index < -0.39 is 0 Å². The second-order valence-electron chi connectivity index (χ2n) is 6.11. The topological polar surface area (TPSA) is 29.9 Å². The van der Waals surface area contributed by atoms with E-state index in [1.165, 1.54) is 11.3 Å². The first-order valence-electron chi connectivity index (χ1n) is 6.85. The number of hydrogen-bond donors (Lipinski definition) is 1. The Morgan fingerprint density at radius 2 is 1.85 bits per heavy atom. The minimum Gasteiger partial charge on any atom is -0.327 e. The van der Waals surface area contributed by atoms with Crippen molar-refractivity contribution in [1.29, 1.82) is 0 Å². The van der Waals surface area contributed by atoms with Gasteiger partial charge in [-0.3, -0.25) is 0 Å². The van der Waals surface area contributed by atoms with Crippen molar-refractivity contribution in [2.24, 2.45) is 0 Å². The maximum atomic E-state index is 5.93. The zero-order chi connectivity index (χ0) is 14.8. The Morgan fingerprint density at radius 1 is 1.20 bits per heavy atom. The average molecular weight is 292 g/mol. The number of imidazole rings is 1. The minimum atomic E-state index is 0.100. The summed E-state index contributed by atoms with van der Waals surface area (Å²) < 4.78 is 2.24. The number of aromatic nitrogens is 2. The Balaban J connectivity index is 2.14. The Kier molecular flexibility index (Phi) is 4.51. The lowest BCUT2D eigenvalue weighted by atomic mass is 10.1. The standard InChI is InChI=1S/C16H22ClN3/c1-12-18-9-15(10-19-16(2,3)4)20(12)11-13-5-7-14(17)8-6-13/h5-9,19H,10-11H2,1-4H3. The summed E-state index contributed by atoms with van der Waals surface area (Å²) in [6, 6.07) is 7.97. The van der Waals surface area contributed by atoms with Crippen LogP contribution in [0.1, 0.15) is 37.9 Å². The molecular formula is C16H22ClN3. The van der Waals surface area contributed by atoms with Crippen LogP contribution in [0.25, 0.3) is 0 Å². The van der Waals surface area contributed by atoms with Gasteiger partial charge in [0.1, 0.15) is 5.82 Å². The smallest absolute Gasteiger partial charge is 0.106 e. The molecule has 1 aromatic carbocycles. The first-order valence-corrected chi connectivity index (χ1v) is 7.23. The highest BCUT2D eigenvalue weighted by Crippen LogP contribution is 2.14. The van der Waals surface area contributed by atoms with E-state index in [-0.39, 0.29) is 5.54 Å². The van der Waals surface area contributed by atoms with Crippen LogP contribution < -0.4 is 5.32 Å². The molecule has 1 N–H and O–H groups in total. The number of benzene rings is 1. The summed E-state index contributed by atoms with van der Waals surface area (Å²) in [5.74, 6) is 1.03. The lowest BCUT2D eigenvalue weighted by molar-refractivity contribution is 0.416. The number of aryl methyl sites for hydroxylation is 1. The van der Waals surface area contributed by atoms with E-state index in [9.17, 15) is 0 Å². The minimum absolute atomic E-state index is 0.100. The van der Waals surface area contributed by atoms with Crippen LogP contribution in [0.5, 0.6) is 0 Å².